The van der Waals surface area contributed by atoms with Crippen molar-refractivity contribution in [2.24, 2.45) is 0 Å². The van der Waals surface area contributed by atoms with Crippen molar-refractivity contribution in [3.05, 3.63) is 0 Å². The molecule has 0 aromatic carbocycles. The Morgan fingerprint density at radius 3 is 3.00 bits per heavy atom. The third kappa shape index (κ3) is 4.75. The minimum Gasteiger partial charge on any atom is -0.468 e. The zero-order chi connectivity index (χ0) is 11.1. The molecule has 1 fully saturated rings. The normalized spacial score (nSPS) is 20.7. The predicted octanol–water partition coefficient (Wildman–Crippen LogP) is -1.35. The lowest BCUT2D eigenvalue weighted by molar-refractivity contribution is -0.141. The fraction of sp³-hybridized carbons (Fsp3) is 0.778. The van der Waals surface area contributed by atoms with Crippen LogP contribution in [0.4, 0.5) is 0 Å². The molecule has 15 heavy (non-hydrogen) atoms. The standard InChI is InChI=1S/C9H16N2O4/c1-14-9(13)6-11-8(12)4-7-5-10-2-3-15-7/h7,10H,2-6H2,1H3,(H,11,12). The van der Waals surface area contributed by atoms with Crippen molar-refractivity contribution in [1.29, 1.82) is 0 Å². The number of methoxy groups -OCH3 is 1. The number of rotatable bonds is 4. The minimum absolute atomic E-state index is 0.0878. The van der Waals surface area contributed by atoms with E-state index < -0.39 is 5.97 Å². The molecule has 2 N–H and O–H groups in total. The van der Waals surface area contributed by atoms with Crippen molar-refractivity contribution >= 4 is 11.9 Å². The number of hydrogen-bond acceptors (Lipinski definition) is 5. The second-order valence-electron chi connectivity index (χ2n) is 3.25. The Morgan fingerprint density at radius 2 is 2.40 bits per heavy atom. The molecule has 1 amide bonds. The molecule has 1 unspecified atom stereocenters. The molecule has 1 aliphatic heterocycles. The van der Waals surface area contributed by atoms with E-state index in [4.69, 9.17) is 4.74 Å². The lowest BCUT2D eigenvalue weighted by atomic mass is 10.2. The van der Waals surface area contributed by atoms with Gasteiger partial charge in [-0.2, -0.15) is 0 Å². The topological polar surface area (TPSA) is 76.7 Å². The number of ether oxygens (including phenoxy) is 2. The second kappa shape index (κ2) is 6.36. The van der Waals surface area contributed by atoms with E-state index in [9.17, 15) is 9.59 Å². The summed E-state index contributed by atoms with van der Waals surface area (Å²) in [5.74, 6) is -0.653. The van der Waals surface area contributed by atoms with Gasteiger partial charge in [0.2, 0.25) is 5.91 Å². The molecule has 0 saturated carbocycles. The average Bonchev–Trinajstić information content (AvgIpc) is 2.27. The number of morpholine rings is 1. The SMILES string of the molecule is COC(=O)CNC(=O)CC1CNCCO1. The van der Waals surface area contributed by atoms with Crippen LogP contribution in [0.25, 0.3) is 0 Å². The molecule has 6 nitrogen and oxygen atoms in total. The lowest BCUT2D eigenvalue weighted by Gasteiger charge is -2.22. The van der Waals surface area contributed by atoms with Crippen LogP contribution < -0.4 is 10.6 Å². The van der Waals surface area contributed by atoms with Crippen molar-refractivity contribution in [2.75, 3.05) is 33.4 Å². The molecule has 1 rings (SSSR count). The zero-order valence-corrected chi connectivity index (χ0v) is 8.75. The minimum atomic E-state index is -0.453. The highest BCUT2D eigenvalue weighted by atomic mass is 16.5. The Balaban J connectivity index is 2.14. The van der Waals surface area contributed by atoms with Crippen LogP contribution in [-0.2, 0) is 19.1 Å². The Morgan fingerprint density at radius 1 is 1.60 bits per heavy atom. The van der Waals surface area contributed by atoms with Crippen LogP contribution in [0, 0.1) is 0 Å². The van der Waals surface area contributed by atoms with Gasteiger partial charge in [0.1, 0.15) is 6.54 Å². The third-order valence-corrected chi connectivity index (χ3v) is 2.08. The number of esters is 1. The smallest absolute Gasteiger partial charge is 0.325 e. The largest absolute Gasteiger partial charge is 0.468 e. The van der Waals surface area contributed by atoms with Gasteiger partial charge in [-0.1, -0.05) is 0 Å². The fourth-order valence-corrected chi connectivity index (χ4v) is 1.27. The summed E-state index contributed by atoms with van der Waals surface area (Å²) >= 11 is 0. The predicted molar refractivity (Wildman–Crippen MR) is 52.3 cm³/mol. The quantitative estimate of drug-likeness (QED) is 0.568. The molecule has 0 spiro atoms. The average molecular weight is 216 g/mol. The van der Waals surface area contributed by atoms with Gasteiger partial charge in [0.25, 0.3) is 0 Å². The lowest BCUT2D eigenvalue weighted by Crippen LogP contribution is -2.42. The monoisotopic (exact) mass is 216 g/mol. The van der Waals surface area contributed by atoms with Crippen molar-refractivity contribution in [3.8, 4) is 0 Å². The maximum Gasteiger partial charge on any atom is 0.325 e. The number of carbonyl (C=O) groups excluding carboxylic acids is 2. The summed E-state index contributed by atoms with van der Waals surface area (Å²) < 4.78 is 9.74. The third-order valence-electron chi connectivity index (χ3n) is 2.08. The molecule has 0 bridgehead atoms. The number of nitrogens with one attached hydrogen (secondary N) is 2. The first-order valence-corrected chi connectivity index (χ1v) is 4.88. The van der Waals surface area contributed by atoms with Crippen LogP contribution in [-0.4, -0.2) is 51.3 Å². The Bertz CT molecular complexity index is 226. The molecule has 1 aliphatic rings. The first-order chi connectivity index (χ1) is 7.22. The second-order valence-corrected chi connectivity index (χ2v) is 3.25. The first-order valence-electron chi connectivity index (χ1n) is 4.88. The van der Waals surface area contributed by atoms with Crippen LogP contribution in [0.5, 0.6) is 0 Å². The van der Waals surface area contributed by atoms with Gasteiger partial charge in [0.15, 0.2) is 0 Å². The van der Waals surface area contributed by atoms with Crippen LogP contribution in [0.3, 0.4) is 0 Å². The molecule has 1 atom stereocenters. The summed E-state index contributed by atoms with van der Waals surface area (Å²) in [7, 11) is 1.28. The summed E-state index contributed by atoms with van der Waals surface area (Å²) in [5, 5.41) is 5.58. The summed E-state index contributed by atoms with van der Waals surface area (Å²) in [6.07, 6.45) is 0.167. The van der Waals surface area contributed by atoms with Crippen molar-refractivity contribution in [1.82, 2.24) is 10.6 Å². The first kappa shape index (κ1) is 11.9. The van der Waals surface area contributed by atoms with E-state index in [1.807, 2.05) is 0 Å². The molecule has 0 aliphatic carbocycles. The molecular formula is C9H16N2O4. The maximum absolute atomic E-state index is 11.3. The van der Waals surface area contributed by atoms with E-state index in [0.29, 0.717) is 13.2 Å². The van der Waals surface area contributed by atoms with Gasteiger partial charge in [-0.3, -0.25) is 9.59 Å². The van der Waals surface area contributed by atoms with Crippen LogP contribution in [0.1, 0.15) is 6.42 Å². The van der Waals surface area contributed by atoms with E-state index in [-0.39, 0.29) is 25.0 Å². The Hall–Kier alpha value is -1.14. The highest BCUT2D eigenvalue weighted by Gasteiger charge is 2.17. The van der Waals surface area contributed by atoms with Crippen LogP contribution in [0.15, 0.2) is 0 Å². The summed E-state index contributed by atoms with van der Waals surface area (Å²) in [6, 6.07) is 0. The summed E-state index contributed by atoms with van der Waals surface area (Å²) in [6.45, 7) is 2.02. The van der Waals surface area contributed by atoms with Crippen LogP contribution in [0.2, 0.25) is 0 Å². The molecule has 0 aromatic rings. The molecule has 0 radical (unpaired) electrons. The Kier molecular flexibility index (Phi) is 5.06. The Labute approximate surface area is 88.3 Å². The van der Waals surface area contributed by atoms with Crippen molar-refractivity contribution in [2.45, 2.75) is 12.5 Å². The summed E-state index contributed by atoms with van der Waals surface area (Å²) in [4.78, 5) is 22.0. The van der Waals surface area contributed by atoms with Gasteiger partial charge in [0.05, 0.1) is 26.2 Å². The fourth-order valence-electron chi connectivity index (χ4n) is 1.27. The van der Waals surface area contributed by atoms with Gasteiger partial charge >= 0.3 is 5.97 Å². The van der Waals surface area contributed by atoms with Gasteiger partial charge in [-0.25, -0.2) is 0 Å². The molecule has 86 valence electrons. The highest BCUT2D eigenvalue weighted by molar-refractivity contribution is 5.82. The van der Waals surface area contributed by atoms with Gasteiger partial charge in [-0.15, -0.1) is 0 Å². The van der Waals surface area contributed by atoms with Gasteiger partial charge in [0, 0.05) is 13.1 Å². The molecule has 1 heterocycles. The number of hydrogen-bond donors (Lipinski definition) is 2. The van der Waals surface area contributed by atoms with E-state index in [0.717, 1.165) is 6.54 Å². The van der Waals surface area contributed by atoms with Crippen LogP contribution >= 0.6 is 0 Å². The molecular weight excluding hydrogens is 200 g/mol. The van der Waals surface area contributed by atoms with E-state index in [1.54, 1.807) is 0 Å². The maximum atomic E-state index is 11.3. The summed E-state index contributed by atoms with van der Waals surface area (Å²) in [5.41, 5.74) is 0. The highest BCUT2D eigenvalue weighted by Crippen LogP contribution is 2.00. The number of carbonyl (C=O) groups is 2. The zero-order valence-electron chi connectivity index (χ0n) is 8.75. The van der Waals surface area contributed by atoms with Crippen molar-refractivity contribution in [3.63, 3.8) is 0 Å². The van der Waals surface area contributed by atoms with E-state index >= 15 is 0 Å². The molecule has 6 heteroatoms. The molecule has 0 aromatic heterocycles. The van der Waals surface area contributed by atoms with Crippen molar-refractivity contribution < 1.29 is 19.1 Å². The molecule has 1 saturated heterocycles. The van der Waals surface area contributed by atoms with Gasteiger partial charge in [-0.05, 0) is 0 Å². The number of amides is 1. The van der Waals surface area contributed by atoms with E-state index in [2.05, 4.69) is 15.4 Å². The van der Waals surface area contributed by atoms with Gasteiger partial charge < -0.3 is 20.1 Å². The van der Waals surface area contributed by atoms with E-state index in [1.165, 1.54) is 7.11 Å².